The second kappa shape index (κ2) is 5.07. The van der Waals surface area contributed by atoms with Gasteiger partial charge in [-0.3, -0.25) is 4.68 Å². The van der Waals surface area contributed by atoms with Gasteiger partial charge in [-0.05, 0) is 48.6 Å². The van der Waals surface area contributed by atoms with E-state index in [-0.39, 0.29) is 0 Å². The van der Waals surface area contributed by atoms with Gasteiger partial charge < -0.3 is 4.74 Å². The molecule has 3 heterocycles. The molecule has 0 saturated carbocycles. The van der Waals surface area contributed by atoms with Crippen LogP contribution >= 0.6 is 0 Å². The molecule has 0 N–H and O–H groups in total. The highest BCUT2D eigenvalue weighted by molar-refractivity contribution is 7.89. The smallest absolute Gasteiger partial charge is 0.243 e. The summed E-state index contributed by atoms with van der Waals surface area (Å²) >= 11 is 0. The number of aromatic nitrogens is 2. The van der Waals surface area contributed by atoms with Crippen molar-refractivity contribution in [1.29, 1.82) is 0 Å². The van der Waals surface area contributed by atoms with Crippen molar-refractivity contribution in [3.05, 3.63) is 40.7 Å². The highest BCUT2D eigenvalue weighted by Crippen LogP contribution is 2.32. The van der Waals surface area contributed by atoms with E-state index in [1.165, 1.54) is 11.3 Å². The van der Waals surface area contributed by atoms with Gasteiger partial charge in [0.05, 0.1) is 36.0 Å². The third-order valence-corrected chi connectivity index (χ3v) is 7.12. The molecule has 7 heteroatoms. The molecular formula is C17H19N3O3S. The summed E-state index contributed by atoms with van der Waals surface area (Å²) < 4.78 is 35.2. The largest absolute Gasteiger partial charge is 0.493 e. The van der Waals surface area contributed by atoms with E-state index >= 15 is 0 Å². The number of nitrogens with zero attached hydrogens (tertiary/aromatic N) is 3. The number of sulfonamides is 1. The van der Waals surface area contributed by atoms with E-state index in [0.29, 0.717) is 31.1 Å². The monoisotopic (exact) mass is 345 g/mol. The van der Waals surface area contributed by atoms with Crippen molar-refractivity contribution in [2.24, 2.45) is 0 Å². The molecule has 0 bridgehead atoms. The molecular weight excluding hydrogens is 326 g/mol. The lowest BCUT2D eigenvalue weighted by Gasteiger charge is -2.27. The number of fused-ring (bicyclic) bond motifs is 4. The second-order valence-corrected chi connectivity index (χ2v) is 8.59. The summed E-state index contributed by atoms with van der Waals surface area (Å²) in [5, 5.41) is 4.65. The number of aryl methyl sites for hydroxylation is 1. The van der Waals surface area contributed by atoms with E-state index in [4.69, 9.17) is 4.74 Å². The van der Waals surface area contributed by atoms with Crippen molar-refractivity contribution in [2.75, 3.05) is 13.2 Å². The van der Waals surface area contributed by atoms with Gasteiger partial charge in [-0.1, -0.05) is 0 Å². The predicted molar refractivity (Wildman–Crippen MR) is 87.5 cm³/mol. The first-order valence-corrected chi connectivity index (χ1v) is 9.90. The molecule has 0 saturated heterocycles. The van der Waals surface area contributed by atoms with Gasteiger partial charge in [0.25, 0.3) is 0 Å². The fraction of sp³-hybridized carbons (Fsp3) is 0.471. The number of hydrogen-bond acceptors (Lipinski definition) is 4. The van der Waals surface area contributed by atoms with Gasteiger partial charge in [0.1, 0.15) is 5.75 Å². The third-order valence-electron chi connectivity index (χ3n) is 5.28. The van der Waals surface area contributed by atoms with Crippen LogP contribution in [0.5, 0.6) is 5.75 Å². The van der Waals surface area contributed by atoms with Gasteiger partial charge in [0.15, 0.2) is 0 Å². The van der Waals surface area contributed by atoms with E-state index in [2.05, 4.69) is 5.10 Å². The van der Waals surface area contributed by atoms with Crippen LogP contribution in [0.15, 0.2) is 23.1 Å². The molecule has 0 amide bonds. The van der Waals surface area contributed by atoms with Gasteiger partial charge in [0.2, 0.25) is 10.0 Å². The summed E-state index contributed by atoms with van der Waals surface area (Å²) in [7, 11) is -3.48. The quantitative estimate of drug-likeness (QED) is 0.828. The van der Waals surface area contributed by atoms with Crippen LogP contribution in [0.2, 0.25) is 0 Å². The maximum absolute atomic E-state index is 13.1. The first-order valence-electron chi connectivity index (χ1n) is 8.46. The van der Waals surface area contributed by atoms with E-state index < -0.39 is 10.0 Å². The average molecular weight is 345 g/mol. The van der Waals surface area contributed by atoms with E-state index in [1.54, 1.807) is 22.5 Å². The van der Waals surface area contributed by atoms with E-state index in [1.807, 2.05) is 4.68 Å². The zero-order valence-corrected chi connectivity index (χ0v) is 14.2. The molecule has 2 aromatic rings. The Morgan fingerprint density at radius 1 is 1.12 bits per heavy atom. The number of ether oxygens (including phenoxy) is 1. The van der Waals surface area contributed by atoms with Crippen molar-refractivity contribution in [3.8, 4) is 5.75 Å². The Kier molecular flexibility index (Phi) is 3.06. The standard InChI is InChI=1S/C17H19N3O3S/c21-24(22,13-4-5-17-12(10-13)6-9-23-17)19-7-8-20-16(11-19)14-2-1-3-15(14)18-20/h4-5,10H,1-3,6-9,11H2. The number of rotatable bonds is 2. The Morgan fingerprint density at radius 3 is 2.96 bits per heavy atom. The predicted octanol–water partition coefficient (Wildman–Crippen LogP) is 1.51. The topological polar surface area (TPSA) is 64.4 Å². The van der Waals surface area contributed by atoms with Crippen LogP contribution in [0.3, 0.4) is 0 Å². The average Bonchev–Trinajstić information content (AvgIpc) is 3.28. The first kappa shape index (κ1) is 14.5. The molecule has 0 spiro atoms. The summed E-state index contributed by atoms with van der Waals surface area (Å²) in [4.78, 5) is 0.372. The Morgan fingerprint density at radius 2 is 2.04 bits per heavy atom. The first-order chi connectivity index (χ1) is 11.6. The fourth-order valence-electron chi connectivity index (χ4n) is 4.00. The van der Waals surface area contributed by atoms with Crippen LogP contribution < -0.4 is 4.74 Å². The zero-order chi connectivity index (χ0) is 16.3. The van der Waals surface area contributed by atoms with Crippen LogP contribution in [0, 0.1) is 0 Å². The van der Waals surface area contributed by atoms with Crippen molar-refractivity contribution in [3.63, 3.8) is 0 Å². The minimum atomic E-state index is -3.48. The molecule has 1 aromatic heterocycles. The van der Waals surface area contributed by atoms with Crippen LogP contribution in [-0.4, -0.2) is 35.7 Å². The SMILES string of the molecule is O=S(=O)(c1ccc2c(c1)CCO2)N1CCn2nc3c(c2C1)CCC3. The second-order valence-electron chi connectivity index (χ2n) is 6.66. The van der Waals surface area contributed by atoms with Gasteiger partial charge in [-0.25, -0.2) is 8.42 Å². The van der Waals surface area contributed by atoms with Crippen LogP contribution in [0.4, 0.5) is 0 Å². The molecule has 1 aromatic carbocycles. The van der Waals surface area contributed by atoms with Crippen molar-refractivity contribution in [2.45, 2.75) is 43.7 Å². The van der Waals surface area contributed by atoms with E-state index in [0.717, 1.165) is 42.7 Å². The number of hydrogen-bond donors (Lipinski definition) is 0. The Bertz CT molecular complexity index is 933. The lowest BCUT2D eigenvalue weighted by molar-refractivity contribution is 0.324. The minimum absolute atomic E-state index is 0.372. The van der Waals surface area contributed by atoms with Crippen molar-refractivity contribution >= 4 is 10.0 Å². The van der Waals surface area contributed by atoms with Gasteiger partial charge in [0, 0.05) is 13.0 Å². The van der Waals surface area contributed by atoms with E-state index in [9.17, 15) is 8.42 Å². The lowest BCUT2D eigenvalue weighted by Crippen LogP contribution is -2.38. The molecule has 0 fully saturated rings. The molecule has 24 heavy (non-hydrogen) atoms. The Labute approximate surface area is 141 Å². The van der Waals surface area contributed by atoms with Crippen LogP contribution in [-0.2, 0) is 42.4 Å². The van der Waals surface area contributed by atoms with Gasteiger partial charge in [-0.15, -0.1) is 0 Å². The normalized spacial score (nSPS) is 19.7. The molecule has 5 rings (SSSR count). The molecule has 3 aliphatic rings. The molecule has 0 atom stereocenters. The maximum atomic E-state index is 13.1. The van der Waals surface area contributed by atoms with Crippen molar-refractivity contribution < 1.29 is 13.2 Å². The van der Waals surface area contributed by atoms with Crippen LogP contribution in [0.25, 0.3) is 0 Å². The highest BCUT2D eigenvalue weighted by Gasteiger charge is 2.33. The highest BCUT2D eigenvalue weighted by atomic mass is 32.2. The molecule has 0 radical (unpaired) electrons. The molecule has 126 valence electrons. The Balaban J connectivity index is 1.49. The fourth-order valence-corrected chi connectivity index (χ4v) is 5.45. The molecule has 6 nitrogen and oxygen atoms in total. The third kappa shape index (κ3) is 2.04. The summed E-state index contributed by atoms with van der Waals surface area (Å²) in [6.45, 7) is 2.17. The summed E-state index contributed by atoms with van der Waals surface area (Å²) in [5.74, 6) is 0.809. The minimum Gasteiger partial charge on any atom is -0.493 e. The molecule has 0 unspecified atom stereocenters. The lowest BCUT2D eigenvalue weighted by atomic mass is 10.2. The van der Waals surface area contributed by atoms with Gasteiger partial charge in [-0.2, -0.15) is 9.40 Å². The summed E-state index contributed by atoms with van der Waals surface area (Å²) in [5.41, 5.74) is 4.51. The maximum Gasteiger partial charge on any atom is 0.243 e. The number of benzene rings is 1. The van der Waals surface area contributed by atoms with Crippen LogP contribution in [0.1, 0.15) is 28.9 Å². The van der Waals surface area contributed by atoms with Crippen molar-refractivity contribution in [1.82, 2.24) is 14.1 Å². The Hall–Kier alpha value is -1.86. The summed E-state index contributed by atoms with van der Waals surface area (Å²) in [6.07, 6.45) is 3.95. The van der Waals surface area contributed by atoms with Gasteiger partial charge >= 0.3 is 0 Å². The molecule has 2 aliphatic heterocycles. The summed E-state index contributed by atoms with van der Waals surface area (Å²) in [6, 6.07) is 5.21. The zero-order valence-electron chi connectivity index (χ0n) is 13.4. The molecule has 1 aliphatic carbocycles.